The molecule has 0 aliphatic rings. The van der Waals surface area contributed by atoms with E-state index >= 15 is 0 Å². The fraction of sp³-hybridized carbons (Fsp3) is 0.500. The Morgan fingerprint density at radius 2 is 1.67 bits per heavy atom. The number of aryl methyl sites for hydroxylation is 2. The van der Waals surface area contributed by atoms with Crippen molar-refractivity contribution in [3.05, 3.63) is 40.8 Å². The minimum absolute atomic E-state index is 0.266. The Hall–Kier alpha value is -2.87. The van der Waals surface area contributed by atoms with Gasteiger partial charge in [-0.05, 0) is 39.8 Å². The van der Waals surface area contributed by atoms with Crippen molar-refractivity contribution in [2.75, 3.05) is 34.4 Å². The van der Waals surface area contributed by atoms with Crippen LogP contribution in [0.3, 0.4) is 0 Å². The molecule has 1 aromatic heterocycles. The quantitative estimate of drug-likeness (QED) is 0.425. The Kier molecular flexibility index (Phi) is 8.00. The molecule has 166 valence electrons. The van der Waals surface area contributed by atoms with Gasteiger partial charge in [0.05, 0.1) is 34.4 Å². The van der Waals surface area contributed by atoms with Crippen LogP contribution in [-0.2, 0) is 12.1 Å². The lowest BCUT2D eigenvalue weighted by atomic mass is 9.96. The molecule has 0 saturated carbocycles. The topological polar surface area (TPSA) is 97.5 Å². The van der Waals surface area contributed by atoms with E-state index in [0.717, 1.165) is 16.9 Å². The first-order valence-corrected chi connectivity index (χ1v) is 9.86. The first kappa shape index (κ1) is 23.4. The Morgan fingerprint density at radius 1 is 1.03 bits per heavy atom. The van der Waals surface area contributed by atoms with Gasteiger partial charge in [0, 0.05) is 23.7 Å². The van der Waals surface area contributed by atoms with Crippen molar-refractivity contribution in [2.45, 2.75) is 39.8 Å². The van der Waals surface area contributed by atoms with Crippen molar-refractivity contribution in [1.29, 1.82) is 0 Å². The van der Waals surface area contributed by atoms with Crippen LogP contribution in [-0.4, -0.2) is 45.5 Å². The van der Waals surface area contributed by atoms with Gasteiger partial charge in [0.2, 0.25) is 0 Å². The zero-order valence-electron chi connectivity index (χ0n) is 18.9. The number of ether oxygens (including phenoxy) is 3. The zero-order valence-corrected chi connectivity index (χ0v) is 18.9. The molecule has 8 heteroatoms. The molecule has 0 spiro atoms. The lowest BCUT2D eigenvalue weighted by molar-refractivity contribution is 0.0601. The van der Waals surface area contributed by atoms with E-state index in [4.69, 9.17) is 18.6 Å². The highest BCUT2D eigenvalue weighted by molar-refractivity contribution is 5.80. The molecule has 0 aliphatic heterocycles. The summed E-state index contributed by atoms with van der Waals surface area (Å²) in [5.74, 6) is 3.90. The molecular weight excluding hydrogens is 386 g/mol. The summed E-state index contributed by atoms with van der Waals surface area (Å²) in [6, 6.07) is 5.48. The van der Waals surface area contributed by atoms with Gasteiger partial charge in [0.1, 0.15) is 22.9 Å². The molecule has 0 radical (unpaired) electrons. The van der Waals surface area contributed by atoms with Crippen LogP contribution in [0, 0.1) is 13.8 Å². The van der Waals surface area contributed by atoms with Crippen molar-refractivity contribution in [3.8, 4) is 17.2 Å². The maximum atomic E-state index is 10.9. The molecule has 0 bridgehead atoms. The zero-order chi connectivity index (χ0) is 22.3. The summed E-state index contributed by atoms with van der Waals surface area (Å²) < 4.78 is 21.7. The van der Waals surface area contributed by atoms with Crippen LogP contribution in [0.2, 0.25) is 0 Å². The highest BCUT2D eigenvalue weighted by atomic mass is 16.5. The van der Waals surface area contributed by atoms with Crippen molar-refractivity contribution in [2.24, 2.45) is 4.99 Å². The van der Waals surface area contributed by atoms with Gasteiger partial charge in [-0.2, -0.15) is 0 Å². The predicted octanol–water partition coefficient (Wildman–Crippen LogP) is 2.89. The van der Waals surface area contributed by atoms with Crippen molar-refractivity contribution >= 4 is 5.96 Å². The number of hydrogen-bond acceptors (Lipinski definition) is 6. The number of aliphatic imine (C=N–C) groups is 1. The normalized spacial score (nSPS) is 13.5. The van der Waals surface area contributed by atoms with E-state index in [2.05, 4.69) is 15.6 Å². The highest BCUT2D eigenvalue weighted by Gasteiger charge is 2.28. The first-order valence-electron chi connectivity index (χ1n) is 9.86. The Labute approximate surface area is 178 Å². The van der Waals surface area contributed by atoms with Gasteiger partial charge in [-0.1, -0.05) is 0 Å². The predicted molar refractivity (Wildman–Crippen MR) is 117 cm³/mol. The van der Waals surface area contributed by atoms with Gasteiger partial charge in [-0.25, -0.2) is 4.99 Å². The summed E-state index contributed by atoms with van der Waals surface area (Å²) in [4.78, 5) is 4.63. The molecule has 1 aromatic carbocycles. The smallest absolute Gasteiger partial charge is 0.191 e. The molecular formula is C22H33N3O5. The van der Waals surface area contributed by atoms with Crippen LogP contribution in [0.5, 0.6) is 17.2 Å². The van der Waals surface area contributed by atoms with Crippen LogP contribution < -0.4 is 24.8 Å². The summed E-state index contributed by atoms with van der Waals surface area (Å²) in [7, 11) is 4.77. The molecule has 0 fully saturated rings. The van der Waals surface area contributed by atoms with Crippen LogP contribution in [0.1, 0.15) is 36.5 Å². The van der Waals surface area contributed by atoms with Crippen LogP contribution in [0.25, 0.3) is 0 Å². The van der Waals surface area contributed by atoms with E-state index in [-0.39, 0.29) is 6.54 Å². The van der Waals surface area contributed by atoms with Gasteiger partial charge >= 0.3 is 0 Å². The first-order chi connectivity index (χ1) is 14.2. The van der Waals surface area contributed by atoms with Gasteiger partial charge in [0.25, 0.3) is 0 Å². The average molecular weight is 420 g/mol. The summed E-state index contributed by atoms with van der Waals surface area (Å²) in [5.41, 5.74) is 0.490. The molecule has 30 heavy (non-hydrogen) atoms. The third-order valence-corrected chi connectivity index (χ3v) is 4.76. The number of methoxy groups -OCH3 is 3. The maximum absolute atomic E-state index is 10.9. The van der Waals surface area contributed by atoms with Crippen molar-refractivity contribution < 1.29 is 23.7 Å². The minimum atomic E-state index is -1.11. The second kappa shape index (κ2) is 10.2. The molecule has 0 amide bonds. The van der Waals surface area contributed by atoms with Gasteiger partial charge < -0.3 is 34.4 Å². The second-order valence-electron chi connectivity index (χ2n) is 7.17. The molecule has 1 heterocycles. The highest BCUT2D eigenvalue weighted by Crippen LogP contribution is 2.35. The van der Waals surface area contributed by atoms with Crippen LogP contribution >= 0.6 is 0 Å². The molecule has 0 saturated heterocycles. The number of nitrogens with one attached hydrogen (secondary N) is 2. The van der Waals surface area contributed by atoms with E-state index in [9.17, 15) is 5.11 Å². The fourth-order valence-electron chi connectivity index (χ4n) is 3.24. The van der Waals surface area contributed by atoms with E-state index in [1.165, 1.54) is 0 Å². The summed E-state index contributed by atoms with van der Waals surface area (Å²) in [6.07, 6.45) is 0. The van der Waals surface area contributed by atoms with Crippen molar-refractivity contribution in [1.82, 2.24) is 10.6 Å². The third kappa shape index (κ3) is 5.60. The Balaban J connectivity index is 2.19. The lowest BCUT2D eigenvalue weighted by Gasteiger charge is -2.24. The molecule has 1 unspecified atom stereocenters. The van der Waals surface area contributed by atoms with E-state index < -0.39 is 5.60 Å². The fourth-order valence-corrected chi connectivity index (χ4v) is 3.24. The molecule has 8 nitrogen and oxygen atoms in total. The van der Waals surface area contributed by atoms with Crippen molar-refractivity contribution in [3.63, 3.8) is 0 Å². The largest absolute Gasteiger partial charge is 0.496 e. The summed E-state index contributed by atoms with van der Waals surface area (Å²) >= 11 is 0. The molecule has 1 atom stereocenters. The lowest BCUT2D eigenvalue weighted by Crippen LogP contribution is -2.44. The van der Waals surface area contributed by atoms with Gasteiger partial charge in [0.15, 0.2) is 17.5 Å². The number of rotatable bonds is 9. The number of benzene rings is 1. The maximum Gasteiger partial charge on any atom is 0.191 e. The number of aliphatic hydroxyl groups is 1. The SMILES string of the molecule is CCNC(=NCc1cc(OC)c(OC)cc1OC)NCC(C)(O)c1cc(C)oc1C. The van der Waals surface area contributed by atoms with E-state index in [0.29, 0.717) is 42.1 Å². The average Bonchev–Trinajstić information content (AvgIpc) is 3.08. The number of nitrogens with zero attached hydrogens (tertiary/aromatic N) is 1. The molecule has 2 aromatic rings. The van der Waals surface area contributed by atoms with Crippen LogP contribution in [0.15, 0.2) is 27.6 Å². The van der Waals surface area contributed by atoms with E-state index in [1.54, 1.807) is 34.3 Å². The number of guanidine groups is 1. The Morgan fingerprint density at radius 3 is 2.20 bits per heavy atom. The van der Waals surface area contributed by atoms with Crippen LogP contribution in [0.4, 0.5) is 0 Å². The molecule has 0 aliphatic carbocycles. The van der Waals surface area contributed by atoms with Gasteiger partial charge in [-0.3, -0.25) is 0 Å². The third-order valence-electron chi connectivity index (χ3n) is 4.76. The Bertz CT molecular complexity index is 874. The van der Waals surface area contributed by atoms with E-state index in [1.807, 2.05) is 32.9 Å². The molecule has 3 N–H and O–H groups in total. The summed E-state index contributed by atoms with van der Waals surface area (Å²) in [5, 5.41) is 17.3. The van der Waals surface area contributed by atoms with Gasteiger partial charge in [-0.15, -0.1) is 0 Å². The minimum Gasteiger partial charge on any atom is -0.496 e. The standard InChI is InChI=1S/C22H33N3O5/c1-8-23-21(25-13-22(4,26)17-9-14(2)30-15(17)3)24-12-16-10-19(28-6)20(29-7)11-18(16)27-5/h9-11,26H,8,12-13H2,1-7H3,(H2,23,24,25). The number of hydrogen-bond donors (Lipinski definition) is 3. The molecule has 2 rings (SSSR count). The number of furan rings is 1. The summed E-state index contributed by atoms with van der Waals surface area (Å²) in [6.45, 7) is 8.74. The second-order valence-corrected chi connectivity index (χ2v) is 7.17. The monoisotopic (exact) mass is 419 g/mol.